The highest BCUT2D eigenvalue weighted by Gasteiger charge is 2.34. The van der Waals surface area contributed by atoms with E-state index in [1.165, 1.54) is 6.07 Å². The van der Waals surface area contributed by atoms with Gasteiger partial charge in [0.05, 0.1) is 6.04 Å². The minimum absolute atomic E-state index is 0.0152. The van der Waals surface area contributed by atoms with Crippen LogP contribution in [0.15, 0.2) is 54.9 Å². The van der Waals surface area contributed by atoms with Gasteiger partial charge in [0.15, 0.2) is 0 Å². The minimum Gasteiger partial charge on any atom is -0.371 e. The second-order valence-corrected chi connectivity index (χ2v) is 6.07. The molecule has 2 aromatic rings. The third-order valence-electron chi connectivity index (χ3n) is 4.46. The second-order valence-electron chi connectivity index (χ2n) is 6.07. The molecule has 1 saturated heterocycles. The Labute approximate surface area is 146 Å². The molecule has 130 valence electrons. The molecule has 4 nitrogen and oxygen atoms in total. The van der Waals surface area contributed by atoms with E-state index in [1.54, 1.807) is 54.7 Å². The molecule has 0 N–H and O–H groups in total. The first-order chi connectivity index (χ1) is 12.2. The lowest BCUT2D eigenvalue weighted by atomic mass is 10.0. The average Bonchev–Trinajstić information content (AvgIpc) is 3.13. The third kappa shape index (κ3) is 4.12. The fraction of sp³-hybridized carbons (Fsp3) is 0.300. The Kier molecular flexibility index (Phi) is 5.56. The van der Waals surface area contributed by atoms with E-state index in [4.69, 9.17) is 4.74 Å². The lowest BCUT2D eigenvalue weighted by molar-refractivity contribution is -0.132. The van der Waals surface area contributed by atoms with E-state index in [0.29, 0.717) is 12.2 Å². The first kappa shape index (κ1) is 17.3. The highest BCUT2D eigenvalue weighted by molar-refractivity contribution is 5.79. The zero-order chi connectivity index (χ0) is 17.6. The van der Waals surface area contributed by atoms with Gasteiger partial charge in [0, 0.05) is 43.6 Å². The van der Waals surface area contributed by atoms with Gasteiger partial charge in [0.25, 0.3) is 0 Å². The standard InChI is InChI=1S/C20H21FN2O2/c1-23(18-11-13-25-20(18)16-8-5-12-22-14-16)19(24)10-4-7-15-6-2-3-9-17(15)21/h2-9,12,14,18,20H,10-11,13H2,1H3/b7-4+/t18-,20+/m0/s1. The summed E-state index contributed by atoms with van der Waals surface area (Å²) in [5.74, 6) is -0.308. The Bertz CT molecular complexity index is 748. The number of hydrogen-bond donors (Lipinski definition) is 0. The normalized spacial score (nSPS) is 20.1. The van der Waals surface area contributed by atoms with Crippen LogP contribution in [0.3, 0.4) is 0 Å². The van der Waals surface area contributed by atoms with Crippen LogP contribution in [-0.4, -0.2) is 35.5 Å². The summed E-state index contributed by atoms with van der Waals surface area (Å²) in [5.41, 5.74) is 1.46. The molecule has 0 saturated carbocycles. The number of pyridine rings is 1. The topological polar surface area (TPSA) is 42.4 Å². The number of rotatable bonds is 5. The summed E-state index contributed by atoms with van der Waals surface area (Å²) in [4.78, 5) is 18.4. The smallest absolute Gasteiger partial charge is 0.226 e. The predicted molar refractivity (Wildman–Crippen MR) is 94.2 cm³/mol. The molecule has 1 aromatic carbocycles. The molecular weight excluding hydrogens is 319 g/mol. The number of carbonyl (C=O) groups excluding carboxylic acids is 1. The number of amides is 1. The number of likely N-dealkylation sites (N-methyl/N-ethyl adjacent to an activating group) is 1. The average molecular weight is 340 g/mol. The van der Waals surface area contributed by atoms with Crippen molar-refractivity contribution in [3.63, 3.8) is 0 Å². The molecule has 0 bridgehead atoms. The van der Waals surface area contributed by atoms with Gasteiger partial charge in [-0.05, 0) is 18.6 Å². The van der Waals surface area contributed by atoms with Gasteiger partial charge in [-0.25, -0.2) is 4.39 Å². The molecule has 0 radical (unpaired) electrons. The second kappa shape index (κ2) is 8.03. The van der Waals surface area contributed by atoms with E-state index in [9.17, 15) is 9.18 Å². The summed E-state index contributed by atoms with van der Waals surface area (Å²) in [6.45, 7) is 0.618. The third-order valence-corrected chi connectivity index (χ3v) is 4.46. The Balaban J connectivity index is 1.63. The maximum absolute atomic E-state index is 13.6. The first-order valence-electron chi connectivity index (χ1n) is 8.35. The maximum Gasteiger partial charge on any atom is 0.226 e. The highest BCUT2D eigenvalue weighted by atomic mass is 19.1. The zero-order valence-electron chi connectivity index (χ0n) is 14.1. The monoisotopic (exact) mass is 340 g/mol. The molecule has 1 aliphatic heterocycles. The molecule has 0 spiro atoms. The van der Waals surface area contributed by atoms with Crippen LogP contribution in [0.2, 0.25) is 0 Å². The quantitative estimate of drug-likeness (QED) is 0.835. The molecule has 25 heavy (non-hydrogen) atoms. The molecule has 0 aliphatic carbocycles. The van der Waals surface area contributed by atoms with Crippen LogP contribution in [0.5, 0.6) is 0 Å². The van der Waals surface area contributed by atoms with Crippen LogP contribution >= 0.6 is 0 Å². The summed E-state index contributed by atoms with van der Waals surface area (Å²) < 4.78 is 19.4. The van der Waals surface area contributed by atoms with Gasteiger partial charge in [-0.1, -0.05) is 36.4 Å². The predicted octanol–water partition coefficient (Wildman–Crippen LogP) is 3.61. The number of ether oxygens (including phenoxy) is 1. The lowest BCUT2D eigenvalue weighted by Gasteiger charge is -2.28. The fourth-order valence-corrected chi connectivity index (χ4v) is 3.06. The fourth-order valence-electron chi connectivity index (χ4n) is 3.06. The number of hydrogen-bond acceptors (Lipinski definition) is 3. The molecular formula is C20H21FN2O2. The first-order valence-corrected chi connectivity index (χ1v) is 8.35. The number of benzene rings is 1. The van der Waals surface area contributed by atoms with Crippen molar-refractivity contribution in [3.8, 4) is 0 Å². The van der Waals surface area contributed by atoms with Gasteiger partial charge in [-0.2, -0.15) is 0 Å². The van der Waals surface area contributed by atoms with Crippen LogP contribution in [0, 0.1) is 5.82 Å². The van der Waals surface area contributed by atoms with Crippen molar-refractivity contribution in [2.75, 3.05) is 13.7 Å². The van der Waals surface area contributed by atoms with E-state index >= 15 is 0 Å². The Morgan fingerprint density at radius 3 is 2.96 bits per heavy atom. The lowest BCUT2D eigenvalue weighted by Crippen LogP contribution is -2.38. The molecule has 5 heteroatoms. The van der Waals surface area contributed by atoms with E-state index in [1.807, 2.05) is 12.1 Å². The van der Waals surface area contributed by atoms with E-state index < -0.39 is 0 Å². The van der Waals surface area contributed by atoms with Crippen molar-refractivity contribution in [1.29, 1.82) is 0 Å². The van der Waals surface area contributed by atoms with Gasteiger partial charge in [-0.15, -0.1) is 0 Å². The summed E-state index contributed by atoms with van der Waals surface area (Å²) in [6.07, 6.45) is 7.70. The number of nitrogens with zero attached hydrogens (tertiary/aromatic N) is 2. The van der Waals surface area contributed by atoms with E-state index in [-0.39, 0.29) is 30.3 Å². The molecule has 1 aliphatic rings. The Morgan fingerprint density at radius 2 is 2.20 bits per heavy atom. The van der Waals surface area contributed by atoms with Crippen molar-refractivity contribution in [2.45, 2.75) is 25.0 Å². The van der Waals surface area contributed by atoms with Crippen LogP contribution in [-0.2, 0) is 9.53 Å². The molecule has 1 amide bonds. The Morgan fingerprint density at radius 1 is 1.36 bits per heavy atom. The largest absolute Gasteiger partial charge is 0.371 e. The number of halogens is 1. The SMILES string of the molecule is CN(C(=O)C/C=C/c1ccccc1F)[C@H]1CCO[C@@H]1c1cccnc1. The minimum atomic E-state index is -0.291. The highest BCUT2D eigenvalue weighted by Crippen LogP contribution is 2.32. The van der Waals surface area contributed by atoms with Gasteiger partial charge in [0.2, 0.25) is 5.91 Å². The van der Waals surface area contributed by atoms with E-state index in [2.05, 4.69) is 4.98 Å². The van der Waals surface area contributed by atoms with Crippen molar-refractivity contribution < 1.29 is 13.9 Å². The van der Waals surface area contributed by atoms with Crippen LogP contribution < -0.4 is 0 Å². The van der Waals surface area contributed by atoms with Gasteiger partial charge >= 0.3 is 0 Å². The summed E-state index contributed by atoms with van der Waals surface area (Å²) >= 11 is 0. The number of aromatic nitrogens is 1. The molecule has 2 atom stereocenters. The van der Waals surface area contributed by atoms with Crippen LogP contribution in [0.1, 0.15) is 30.1 Å². The van der Waals surface area contributed by atoms with Gasteiger partial charge < -0.3 is 9.64 Å². The van der Waals surface area contributed by atoms with E-state index in [0.717, 1.165) is 12.0 Å². The number of carbonyl (C=O) groups is 1. The summed E-state index contributed by atoms with van der Waals surface area (Å²) in [5, 5.41) is 0. The van der Waals surface area contributed by atoms with Crippen LogP contribution in [0.4, 0.5) is 4.39 Å². The molecule has 1 fully saturated rings. The maximum atomic E-state index is 13.6. The summed E-state index contributed by atoms with van der Waals surface area (Å²) in [7, 11) is 1.79. The van der Waals surface area contributed by atoms with Gasteiger partial charge in [0.1, 0.15) is 11.9 Å². The van der Waals surface area contributed by atoms with Gasteiger partial charge in [-0.3, -0.25) is 9.78 Å². The van der Waals surface area contributed by atoms with Crippen molar-refractivity contribution in [1.82, 2.24) is 9.88 Å². The molecule has 1 aromatic heterocycles. The molecule has 0 unspecified atom stereocenters. The van der Waals surface area contributed by atoms with Crippen LogP contribution in [0.25, 0.3) is 6.08 Å². The Hall–Kier alpha value is -2.53. The van der Waals surface area contributed by atoms with Crippen molar-refractivity contribution >= 4 is 12.0 Å². The summed E-state index contributed by atoms with van der Waals surface area (Å²) in [6, 6.07) is 10.3. The molecule has 3 rings (SSSR count). The van der Waals surface area contributed by atoms with Crippen molar-refractivity contribution in [3.05, 3.63) is 71.8 Å². The van der Waals surface area contributed by atoms with Crippen molar-refractivity contribution in [2.24, 2.45) is 0 Å². The molecule has 2 heterocycles. The zero-order valence-corrected chi connectivity index (χ0v) is 14.1.